The van der Waals surface area contributed by atoms with E-state index in [1.807, 2.05) is 0 Å². The Morgan fingerprint density at radius 3 is 2.62 bits per heavy atom. The lowest BCUT2D eigenvalue weighted by Gasteiger charge is -2.16. The minimum absolute atomic E-state index is 0.0372. The summed E-state index contributed by atoms with van der Waals surface area (Å²) >= 11 is 3.09. The third kappa shape index (κ3) is 5.63. The number of carbonyl (C=O) groups excluding carboxylic acids is 2. The maximum atomic E-state index is 13.4. The van der Waals surface area contributed by atoms with Crippen molar-refractivity contribution >= 4 is 27.8 Å². The first-order valence-corrected chi connectivity index (χ1v) is 6.77. The molecular formula is C14H14BrF2NO3. The number of esters is 1. The van der Waals surface area contributed by atoms with Crippen molar-refractivity contribution in [2.45, 2.75) is 18.9 Å². The molecule has 0 saturated heterocycles. The number of ether oxygens (including phenoxy) is 1. The van der Waals surface area contributed by atoms with Gasteiger partial charge in [0.05, 0.1) is 13.5 Å². The van der Waals surface area contributed by atoms with Gasteiger partial charge in [-0.2, -0.15) is 0 Å². The molecule has 0 radical (unpaired) electrons. The number of amides is 1. The summed E-state index contributed by atoms with van der Waals surface area (Å²) in [4.78, 5) is 23.4. The Hall–Kier alpha value is -1.76. The molecule has 1 N–H and O–H groups in total. The number of benzene rings is 1. The van der Waals surface area contributed by atoms with Gasteiger partial charge in [0, 0.05) is 12.5 Å². The van der Waals surface area contributed by atoms with E-state index < -0.39 is 29.6 Å². The van der Waals surface area contributed by atoms with Crippen LogP contribution in [0.1, 0.15) is 12.0 Å². The molecule has 1 atom stereocenters. The van der Waals surface area contributed by atoms with Crippen molar-refractivity contribution in [3.8, 4) is 0 Å². The van der Waals surface area contributed by atoms with Crippen LogP contribution >= 0.6 is 15.9 Å². The first-order chi connectivity index (χ1) is 9.83. The van der Waals surface area contributed by atoms with Crippen molar-refractivity contribution in [3.63, 3.8) is 0 Å². The van der Waals surface area contributed by atoms with E-state index in [0.29, 0.717) is 10.5 Å². The Labute approximate surface area is 129 Å². The maximum absolute atomic E-state index is 13.4. The fraction of sp³-hybridized carbons (Fsp3) is 0.286. The highest BCUT2D eigenvalue weighted by Gasteiger charge is 2.22. The van der Waals surface area contributed by atoms with Crippen molar-refractivity contribution in [2.24, 2.45) is 0 Å². The third-order valence-electron chi connectivity index (χ3n) is 2.61. The Balaban J connectivity index is 2.73. The highest BCUT2D eigenvalue weighted by atomic mass is 79.9. The lowest BCUT2D eigenvalue weighted by Crippen LogP contribution is -2.42. The maximum Gasteiger partial charge on any atom is 0.328 e. The molecule has 0 aromatic heterocycles. The van der Waals surface area contributed by atoms with E-state index >= 15 is 0 Å². The predicted molar refractivity (Wildman–Crippen MR) is 76.7 cm³/mol. The first-order valence-electron chi connectivity index (χ1n) is 5.98. The third-order valence-corrected chi connectivity index (χ3v) is 2.94. The van der Waals surface area contributed by atoms with Crippen LogP contribution < -0.4 is 5.32 Å². The van der Waals surface area contributed by atoms with Gasteiger partial charge in [0.1, 0.15) is 17.7 Å². The molecule has 1 amide bonds. The highest BCUT2D eigenvalue weighted by molar-refractivity contribution is 9.11. The van der Waals surface area contributed by atoms with Crippen molar-refractivity contribution in [2.75, 3.05) is 7.11 Å². The van der Waals surface area contributed by atoms with Crippen LogP contribution in [0.5, 0.6) is 0 Å². The molecule has 0 spiro atoms. The Bertz CT molecular complexity index is 563. The van der Waals surface area contributed by atoms with Crippen LogP contribution in [0.3, 0.4) is 0 Å². The number of nitrogens with one attached hydrogen (secondary N) is 1. The molecule has 0 unspecified atom stereocenters. The summed E-state index contributed by atoms with van der Waals surface area (Å²) in [5, 5.41) is 2.42. The average Bonchev–Trinajstić information content (AvgIpc) is 2.39. The number of hydrogen-bond donors (Lipinski definition) is 1. The lowest BCUT2D eigenvalue weighted by atomic mass is 10.1. The van der Waals surface area contributed by atoms with E-state index in [1.54, 1.807) is 0 Å². The van der Waals surface area contributed by atoms with Gasteiger partial charge in [-0.3, -0.25) is 4.79 Å². The molecule has 114 valence electrons. The predicted octanol–water partition coefficient (Wildman–Crippen LogP) is 2.46. The van der Waals surface area contributed by atoms with Gasteiger partial charge in [-0.05, 0) is 16.1 Å². The molecule has 0 aliphatic rings. The topological polar surface area (TPSA) is 55.4 Å². The standard InChI is InChI=1S/C14H14BrF2NO3/c1-8(15)5-12(14(20)21-2)18-13(19)6-9-3-4-10(16)7-11(9)17/h3-4,7,12H,1,5-6H2,2H3,(H,18,19)/t12-/m1/s1. The largest absolute Gasteiger partial charge is 0.467 e. The van der Waals surface area contributed by atoms with E-state index in [1.165, 1.54) is 13.2 Å². The second-order valence-corrected chi connectivity index (χ2v) is 5.40. The molecule has 1 rings (SSSR count). The second-order valence-electron chi connectivity index (χ2n) is 4.28. The number of carbonyl (C=O) groups is 2. The van der Waals surface area contributed by atoms with Crippen molar-refractivity contribution in [1.29, 1.82) is 0 Å². The summed E-state index contributed by atoms with van der Waals surface area (Å²) in [6.07, 6.45) is -0.168. The van der Waals surface area contributed by atoms with Gasteiger partial charge in [-0.1, -0.05) is 28.6 Å². The second kappa shape index (κ2) is 7.87. The normalized spacial score (nSPS) is 11.6. The molecule has 4 nitrogen and oxygen atoms in total. The smallest absolute Gasteiger partial charge is 0.328 e. The van der Waals surface area contributed by atoms with Gasteiger partial charge >= 0.3 is 5.97 Å². The quantitative estimate of drug-likeness (QED) is 0.791. The monoisotopic (exact) mass is 361 g/mol. The fourth-order valence-electron chi connectivity index (χ4n) is 1.64. The van der Waals surface area contributed by atoms with Crippen LogP contribution in [0.2, 0.25) is 0 Å². The molecule has 0 heterocycles. The SMILES string of the molecule is C=C(Br)C[C@@H](NC(=O)Cc1ccc(F)cc1F)C(=O)OC. The van der Waals surface area contributed by atoms with E-state index in [2.05, 4.69) is 32.6 Å². The zero-order valence-electron chi connectivity index (χ0n) is 11.3. The summed E-state index contributed by atoms with van der Waals surface area (Å²) in [6.45, 7) is 3.58. The van der Waals surface area contributed by atoms with Gasteiger partial charge in [-0.15, -0.1) is 0 Å². The van der Waals surface area contributed by atoms with Crippen molar-refractivity contribution < 1.29 is 23.1 Å². The molecular weight excluding hydrogens is 348 g/mol. The molecule has 21 heavy (non-hydrogen) atoms. The molecule has 0 aliphatic carbocycles. The number of methoxy groups -OCH3 is 1. The van der Waals surface area contributed by atoms with Crippen LogP contribution in [0.4, 0.5) is 8.78 Å². The van der Waals surface area contributed by atoms with E-state index in [-0.39, 0.29) is 18.4 Å². The molecule has 0 fully saturated rings. The lowest BCUT2D eigenvalue weighted by molar-refractivity contribution is -0.144. The minimum atomic E-state index is -0.919. The van der Waals surface area contributed by atoms with Crippen LogP contribution in [0.25, 0.3) is 0 Å². The van der Waals surface area contributed by atoms with Crippen LogP contribution in [0, 0.1) is 11.6 Å². The highest BCUT2D eigenvalue weighted by Crippen LogP contribution is 2.13. The fourth-order valence-corrected chi connectivity index (χ4v) is 1.96. The van der Waals surface area contributed by atoms with E-state index in [9.17, 15) is 18.4 Å². The Morgan fingerprint density at radius 1 is 1.43 bits per heavy atom. The number of halogens is 3. The van der Waals surface area contributed by atoms with E-state index in [4.69, 9.17) is 0 Å². The minimum Gasteiger partial charge on any atom is -0.467 e. The zero-order chi connectivity index (χ0) is 16.0. The summed E-state index contributed by atoms with van der Waals surface area (Å²) in [7, 11) is 1.19. The van der Waals surface area contributed by atoms with Crippen molar-refractivity contribution in [1.82, 2.24) is 5.32 Å². The van der Waals surface area contributed by atoms with Gasteiger partial charge in [-0.25, -0.2) is 13.6 Å². The van der Waals surface area contributed by atoms with Gasteiger partial charge < -0.3 is 10.1 Å². The van der Waals surface area contributed by atoms with Gasteiger partial charge in [0.25, 0.3) is 0 Å². The Morgan fingerprint density at radius 2 is 2.10 bits per heavy atom. The molecule has 1 aromatic carbocycles. The summed E-state index contributed by atoms with van der Waals surface area (Å²) in [5.41, 5.74) is 0.0372. The van der Waals surface area contributed by atoms with Gasteiger partial charge in [0.15, 0.2) is 0 Å². The Kier molecular flexibility index (Phi) is 6.48. The molecule has 0 bridgehead atoms. The molecule has 0 aliphatic heterocycles. The van der Waals surface area contributed by atoms with Gasteiger partial charge in [0.2, 0.25) is 5.91 Å². The van der Waals surface area contributed by atoms with E-state index in [0.717, 1.165) is 6.07 Å². The molecule has 1 aromatic rings. The van der Waals surface area contributed by atoms with Crippen molar-refractivity contribution in [3.05, 3.63) is 46.5 Å². The summed E-state index contributed by atoms with van der Waals surface area (Å²) in [5.74, 6) is -2.75. The summed E-state index contributed by atoms with van der Waals surface area (Å²) in [6, 6.07) is 2.02. The summed E-state index contributed by atoms with van der Waals surface area (Å²) < 4.78 is 31.3. The van der Waals surface area contributed by atoms with Crippen LogP contribution in [-0.4, -0.2) is 25.0 Å². The average molecular weight is 362 g/mol. The molecule has 7 heteroatoms. The number of hydrogen-bond acceptors (Lipinski definition) is 3. The zero-order valence-corrected chi connectivity index (χ0v) is 12.9. The first kappa shape index (κ1) is 17.3. The van der Waals surface area contributed by atoms with Crippen LogP contribution in [-0.2, 0) is 20.7 Å². The molecule has 0 saturated carbocycles. The number of rotatable bonds is 6. The van der Waals surface area contributed by atoms with Crippen LogP contribution in [0.15, 0.2) is 29.3 Å².